The maximum atomic E-state index is 12.5. The van der Waals surface area contributed by atoms with Gasteiger partial charge in [-0.2, -0.15) is 0 Å². The van der Waals surface area contributed by atoms with E-state index in [-0.39, 0.29) is 5.56 Å². The van der Waals surface area contributed by atoms with Crippen molar-refractivity contribution in [2.75, 3.05) is 7.11 Å². The number of hydrogen-bond donors (Lipinski definition) is 1. The minimum Gasteiger partial charge on any atom is -0.497 e. The van der Waals surface area contributed by atoms with Crippen LogP contribution in [0.4, 0.5) is 0 Å². The fourth-order valence-corrected chi connectivity index (χ4v) is 2.22. The molecule has 0 fully saturated rings. The Morgan fingerprint density at radius 3 is 2.45 bits per heavy atom. The molecule has 2 rings (SSSR count). The van der Waals surface area contributed by atoms with E-state index in [2.05, 4.69) is 18.9 Å². The highest BCUT2D eigenvalue weighted by Crippen LogP contribution is 2.15. The van der Waals surface area contributed by atoms with E-state index in [1.807, 2.05) is 31.2 Å². The Bertz CT molecular complexity index is 621. The third kappa shape index (κ3) is 2.95. The van der Waals surface area contributed by atoms with E-state index in [0.29, 0.717) is 5.92 Å². The van der Waals surface area contributed by atoms with Crippen LogP contribution in [0.25, 0.3) is 5.69 Å². The molecule has 1 N–H and O–H groups in total. The average molecular weight is 274 g/mol. The van der Waals surface area contributed by atoms with Crippen LogP contribution in [-0.2, 0) is 6.42 Å². The molecular formula is C16H22N2O2. The molecule has 0 bridgehead atoms. The molecule has 0 atom stereocenters. The van der Waals surface area contributed by atoms with Gasteiger partial charge in [0.2, 0.25) is 0 Å². The molecule has 0 amide bonds. The number of ether oxygens (including phenoxy) is 1. The summed E-state index contributed by atoms with van der Waals surface area (Å²) in [7, 11) is 1.63. The van der Waals surface area contributed by atoms with Gasteiger partial charge in [-0.15, -0.1) is 0 Å². The summed E-state index contributed by atoms with van der Waals surface area (Å²) >= 11 is 0. The molecule has 108 valence electrons. The first-order valence-corrected chi connectivity index (χ1v) is 6.98. The van der Waals surface area contributed by atoms with E-state index >= 15 is 0 Å². The van der Waals surface area contributed by atoms with Crippen molar-refractivity contribution in [2.45, 2.75) is 33.6 Å². The molecule has 0 unspecified atom stereocenters. The number of aromatic amines is 1. The molecule has 2 aromatic rings. The van der Waals surface area contributed by atoms with E-state index in [1.54, 1.807) is 11.8 Å². The predicted octanol–water partition coefficient (Wildman–Crippen LogP) is 3.07. The van der Waals surface area contributed by atoms with Crippen molar-refractivity contribution in [3.8, 4) is 11.4 Å². The number of rotatable bonds is 5. The summed E-state index contributed by atoms with van der Waals surface area (Å²) in [5.74, 6) is 1.38. The van der Waals surface area contributed by atoms with Gasteiger partial charge >= 0.3 is 0 Å². The van der Waals surface area contributed by atoms with Gasteiger partial charge in [0.25, 0.3) is 5.56 Å². The third-order valence-corrected chi connectivity index (χ3v) is 3.50. The van der Waals surface area contributed by atoms with Gasteiger partial charge in [-0.05, 0) is 49.9 Å². The maximum Gasteiger partial charge on any atom is 0.274 e. The van der Waals surface area contributed by atoms with Gasteiger partial charge in [0.15, 0.2) is 0 Å². The lowest BCUT2D eigenvalue weighted by Gasteiger charge is -2.03. The molecule has 0 saturated heterocycles. The molecule has 0 saturated carbocycles. The highest BCUT2D eigenvalue weighted by Gasteiger charge is 2.12. The van der Waals surface area contributed by atoms with E-state index < -0.39 is 0 Å². The van der Waals surface area contributed by atoms with E-state index in [9.17, 15) is 4.79 Å². The zero-order valence-corrected chi connectivity index (χ0v) is 12.6. The molecule has 0 aliphatic rings. The first-order valence-electron chi connectivity index (χ1n) is 6.98. The summed E-state index contributed by atoms with van der Waals surface area (Å²) in [4.78, 5) is 12.5. The Labute approximate surface area is 119 Å². The molecule has 1 aromatic carbocycles. The van der Waals surface area contributed by atoms with Gasteiger partial charge in [0, 0.05) is 11.3 Å². The molecule has 4 nitrogen and oxygen atoms in total. The standard InChI is InChI=1S/C16H22N2O2/c1-11(2)5-10-15-12(3)17-18(16(15)19)13-6-8-14(20-4)9-7-13/h6-9,11,17H,5,10H2,1-4H3. The van der Waals surface area contributed by atoms with Crippen LogP contribution in [0.5, 0.6) is 5.75 Å². The van der Waals surface area contributed by atoms with Crippen molar-refractivity contribution < 1.29 is 4.74 Å². The smallest absolute Gasteiger partial charge is 0.274 e. The quantitative estimate of drug-likeness (QED) is 0.910. The predicted molar refractivity (Wildman–Crippen MR) is 80.8 cm³/mol. The zero-order valence-electron chi connectivity index (χ0n) is 12.6. The lowest BCUT2D eigenvalue weighted by Crippen LogP contribution is -2.17. The van der Waals surface area contributed by atoms with Gasteiger partial charge in [0.1, 0.15) is 5.75 Å². The summed E-state index contributed by atoms with van der Waals surface area (Å²) in [6, 6.07) is 7.46. The fraction of sp³-hybridized carbons (Fsp3) is 0.438. The lowest BCUT2D eigenvalue weighted by atomic mass is 10.0. The summed E-state index contributed by atoms with van der Waals surface area (Å²) < 4.78 is 6.73. The second kappa shape index (κ2) is 5.99. The first kappa shape index (κ1) is 14.4. The molecule has 20 heavy (non-hydrogen) atoms. The van der Waals surface area contributed by atoms with Crippen molar-refractivity contribution in [3.05, 3.63) is 45.9 Å². The van der Waals surface area contributed by atoms with Crippen LogP contribution in [0.3, 0.4) is 0 Å². The van der Waals surface area contributed by atoms with Gasteiger partial charge in [-0.25, -0.2) is 4.68 Å². The number of H-pyrrole nitrogens is 1. The molecule has 0 aliphatic heterocycles. The Hall–Kier alpha value is -1.97. The number of aromatic nitrogens is 2. The van der Waals surface area contributed by atoms with Gasteiger partial charge in [0.05, 0.1) is 12.8 Å². The lowest BCUT2D eigenvalue weighted by molar-refractivity contribution is 0.414. The Morgan fingerprint density at radius 1 is 1.25 bits per heavy atom. The molecule has 1 heterocycles. The summed E-state index contributed by atoms with van der Waals surface area (Å²) in [6.07, 6.45) is 1.85. The Morgan fingerprint density at radius 2 is 1.90 bits per heavy atom. The zero-order chi connectivity index (χ0) is 14.7. The van der Waals surface area contributed by atoms with Crippen LogP contribution in [-0.4, -0.2) is 16.9 Å². The number of hydrogen-bond acceptors (Lipinski definition) is 2. The van der Waals surface area contributed by atoms with Crippen LogP contribution in [0.1, 0.15) is 31.5 Å². The Balaban J connectivity index is 2.33. The molecule has 0 spiro atoms. The molecule has 0 aliphatic carbocycles. The maximum absolute atomic E-state index is 12.5. The van der Waals surface area contributed by atoms with Crippen molar-refractivity contribution in [1.29, 1.82) is 0 Å². The molecule has 1 aromatic heterocycles. The number of benzene rings is 1. The van der Waals surface area contributed by atoms with E-state index in [4.69, 9.17) is 4.74 Å². The number of methoxy groups -OCH3 is 1. The monoisotopic (exact) mass is 274 g/mol. The van der Waals surface area contributed by atoms with Gasteiger partial charge in [-0.1, -0.05) is 13.8 Å². The third-order valence-electron chi connectivity index (χ3n) is 3.50. The van der Waals surface area contributed by atoms with E-state index in [1.165, 1.54) is 0 Å². The largest absolute Gasteiger partial charge is 0.497 e. The van der Waals surface area contributed by atoms with Crippen molar-refractivity contribution in [3.63, 3.8) is 0 Å². The van der Waals surface area contributed by atoms with Gasteiger partial charge in [-0.3, -0.25) is 9.89 Å². The normalized spacial score (nSPS) is 11.1. The van der Waals surface area contributed by atoms with Crippen molar-refractivity contribution >= 4 is 0 Å². The van der Waals surface area contributed by atoms with Crippen LogP contribution < -0.4 is 10.3 Å². The molecule has 4 heteroatoms. The summed E-state index contributed by atoms with van der Waals surface area (Å²) in [5, 5.41) is 3.15. The van der Waals surface area contributed by atoms with Crippen LogP contribution >= 0.6 is 0 Å². The van der Waals surface area contributed by atoms with Crippen molar-refractivity contribution in [2.24, 2.45) is 5.92 Å². The van der Waals surface area contributed by atoms with Crippen molar-refractivity contribution in [1.82, 2.24) is 9.78 Å². The van der Waals surface area contributed by atoms with E-state index in [0.717, 1.165) is 35.5 Å². The second-order valence-corrected chi connectivity index (χ2v) is 5.49. The first-order chi connectivity index (χ1) is 9.52. The topological polar surface area (TPSA) is 47.0 Å². The highest BCUT2D eigenvalue weighted by atomic mass is 16.5. The highest BCUT2D eigenvalue weighted by molar-refractivity contribution is 5.37. The van der Waals surface area contributed by atoms with Crippen LogP contribution in [0.15, 0.2) is 29.1 Å². The number of nitrogens with zero attached hydrogens (tertiary/aromatic N) is 1. The van der Waals surface area contributed by atoms with Crippen LogP contribution in [0, 0.1) is 12.8 Å². The van der Waals surface area contributed by atoms with Gasteiger partial charge < -0.3 is 4.74 Å². The minimum atomic E-state index is 0.0494. The van der Waals surface area contributed by atoms with Crippen LogP contribution in [0.2, 0.25) is 0 Å². The number of aryl methyl sites for hydroxylation is 1. The second-order valence-electron chi connectivity index (χ2n) is 5.49. The fourth-order valence-electron chi connectivity index (χ4n) is 2.22. The Kier molecular flexibility index (Phi) is 4.32. The molecule has 0 radical (unpaired) electrons. The summed E-state index contributed by atoms with van der Waals surface area (Å²) in [5.41, 5.74) is 2.71. The number of nitrogens with one attached hydrogen (secondary N) is 1. The SMILES string of the molecule is COc1ccc(-n2[nH]c(C)c(CCC(C)C)c2=O)cc1. The minimum absolute atomic E-state index is 0.0494. The molecular weight excluding hydrogens is 252 g/mol. The average Bonchev–Trinajstić information content (AvgIpc) is 2.72. The summed E-state index contributed by atoms with van der Waals surface area (Å²) in [6.45, 7) is 6.30.